The maximum Gasteiger partial charge on any atom is 0.326 e. The van der Waals surface area contributed by atoms with Crippen LogP contribution in [0.3, 0.4) is 0 Å². The smallest absolute Gasteiger partial charge is 0.324 e. The number of halogens is 1. The summed E-state index contributed by atoms with van der Waals surface area (Å²) in [5.41, 5.74) is 2.58. The Balaban J connectivity index is 1.45. The van der Waals surface area contributed by atoms with Crippen molar-refractivity contribution >= 4 is 45.3 Å². The molecule has 8 heteroatoms. The number of likely N-dealkylation sites (tertiary alicyclic amines) is 1. The van der Waals surface area contributed by atoms with Gasteiger partial charge in [0.15, 0.2) is 0 Å². The monoisotopic (exact) mass is 487 g/mol. The summed E-state index contributed by atoms with van der Waals surface area (Å²) in [6, 6.07) is 14.9. The first kappa shape index (κ1) is 18.6. The molecule has 1 aliphatic heterocycles. The number of anilines is 1. The van der Waals surface area contributed by atoms with Crippen molar-refractivity contribution in [3.8, 4) is 6.07 Å². The van der Waals surface area contributed by atoms with E-state index in [2.05, 4.69) is 39.0 Å². The zero-order valence-electron chi connectivity index (χ0n) is 15.0. The number of amides is 2. The second-order valence-corrected chi connectivity index (χ2v) is 8.04. The predicted molar refractivity (Wildman–Crippen MR) is 115 cm³/mol. The summed E-state index contributed by atoms with van der Waals surface area (Å²) in [7, 11) is 0. The van der Waals surface area contributed by atoms with Gasteiger partial charge < -0.3 is 15.2 Å². The molecule has 2 aromatic carbocycles. The number of carbonyl (C=O) groups is 1. The number of hydrogen-bond donors (Lipinski definition) is 2. The van der Waals surface area contributed by atoms with E-state index in [4.69, 9.17) is 5.26 Å². The van der Waals surface area contributed by atoms with Crippen molar-refractivity contribution in [3.05, 3.63) is 62.1 Å². The molecule has 0 unspecified atom stereocenters. The number of piperidine rings is 1. The highest BCUT2D eigenvalue weighted by atomic mass is 127. The Kier molecular flexibility index (Phi) is 5.09. The summed E-state index contributed by atoms with van der Waals surface area (Å²) in [4.78, 5) is 29.6. The van der Waals surface area contributed by atoms with Crippen molar-refractivity contribution < 1.29 is 4.79 Å². The molecule has 0 saturated carbocycles. The number of fused-ring (bicyclic) bond motifs is 1. The minimum absolute atomic E-state index is 0.0246. The van der Waals surface area contributed by atoms with Crippen LogP contribution >= 0.6 is 22.6 Å². The van der Waals surface area contributed by atoms with Gasteiger partial charge in [0.25, 0.3) is 0 Å². The highest BCUT2D eigenvalue weighted by molar-refractivity contribution is 14.1. The van der Waals surface area contributed by atoms with Gasteiger partial charge in [0, 0.05) is 28.4 Å². The summed E-state index contributed by atoms with van der Waals surface area (Å²) in [5, 5.41) is 12.0. The van der Waals surface area contributed by atoms with Crippen LogP contribution in [0.2, 0.25) is 0 Å². The lowest BCUT2D eigenvalue weighted by molar-refractivity contribution is 0.184. The van der Waals surface area contributed by atoms with Crippen molar-refractivity contribution in [2.45, 2.75) is 18.9 Å². The summed E-state index contributed by atoms with van der Waals surface area (Å²) in [5.74, 6) is 0. The van der Waals surface area contributed by atoms with E-state index in [-0.39, 0.29) is 17.8 Å². The molecule has 4 rings (SSSR count). The number of aromatic nitrogens is 2. The number of carbonyl (C=O) groups excluding carboxylic acids is 1. The minimum Gasteiger partial charge on any atom is -0.324 e. The molecule has 0 aliphatic carbocycles. The molecule has 142 valence electrons. The van der Waals surface area contributed by atoms with Gasteiger partial charge in [-0.1, -0.05) is 0 Å². The third-order valence-corrected chi connectivity index (χ3v) is 5.78. The zero-order chi connectivity index (χ0) is 19.7. The molecular weight excluding hydrogens is 469 g/mol. The maximum atomic E-state index is 12.5. The van der Waals surface area contributed by atoms with E-state index >= 15 is 0 Å². The summed E-state index contributed by atoms with van der Waals surface area (Å²) < 4.78 is 2.87. The van der Waals surface area contributed by atoms with E-state index in [1.54, 1.807) is 21.6 Å². The average molecular weight is 487 g/mol. The third kappa shape index (κ3) is 3.62. The number of aromatic amines is 1. The summed E-state index contributed by atoms with van der Waals surface area (Å²) >= 11 is 2.22. The van der Waals surface area contributed by atoms with E-state index < -0.39 is 0 Å². The second-order valence-electron chi connectivity index (χ2n) is 6.80. The van der Waals surface area contributed by atoms with Gasteiger partial charge in [-0.05, 0) is 77.9 Å². The number of hydrogen-bond acceptors (Lipinski definition) is 3. The molecule has 1 aromatic heterocycles. The fourth-order valence-electron chi connectivity index (χ4n) is 3.63. The first-order valence-electron chi connectivity index (χ1n) is 9.01. The topological polar surface area (TPSA) is 93.9 Å². The van der Waals surface area contributed by atoms with E-state index in [1.165, 1.54) is 0 Å². The Bertz CT molecular complexity index is 1120. The number of nitrogens with zero attached hydrogens (tertiary/aromatic N) is 3. The number of benzene rings is 2. The van der Waals surface area contributed by atoms with Crippen molar-refractivity contribution in [1.29, 1.82) is 5.26 Å². The van der Waals surface area contributed by atoms with Crippen LogP contribution < -0.4 is 11.0 Å². The van der Waals surface area contributed by atoms with Crippen LogP contribution in [0.15, 0.2) is 47.3 Å². The molecule has 1 saturated heterocycles. The first-order valence-corrected chi connectivity index (χ1v) is 10.1. The molecule has 0 bridgehead atoms. The number of nitriles is 1. The number of rotatable bonds is 2. The van der Waals surface area contributed by atoms with Crippen LogP contribution in [0.4, 0.5) is 10.5 Å². The van der Waals surface area contributed by atoms with Gasteiger partial charge in [0.05, 0.1) is 22.7 Å². The molecule has 2 heterocycles. The van der Waals surface area contributed by atoms with Gasteiger partial charge in [-0.3, -0.25) is 4.57 Å². The molecule has 3 aromatic rings. The average Bonchev–Trinajstić information content (AvgIpc) is 3.04. The lowest BCUT2D eigenvalue weighted by Crippen LogP contribution is -2.42. The van der Waals surface area contributed by atoms with Crippen LogP contribution in [-0.4, -0.2) is 33.6 Å². The van der Waals surface area contributed by atoms with Gasteiger partial charge in [0.1, 0.15) is 0 Å². The van der Waals surface area contributed by atoms with Crippen LogP contribution in [0.1, 0.15) is 24.4 Å². The molecule has 2 N–H and O–H groups in total. The quantitative estimate of drug-likeness (QED) is 0.541. The molecular formula is C20H18IN5O2. The van der Waals surface area contributed by atoms with Gasteiger partial charge in [-0.25, -0.2) is 9.59 Å². The molecule has 28 heavy (non-hydrogen) atoms. The molecule has 2 amide bonds. The SMILES string of the molecule is N#Cc1ccc2c(c1)[nH]c(=O)n2C1CCN(C(=O)Nc2ccc(I)cc2)CC1. The van der Waals surface area contributed by atoms with Crippen LogP contribution in [-0.2, 0) is 0 Å². The fourth-order valence-corrected chi connectivity index (χ4v) is 3.99. The number of nitrogens with one attached hydrogen (secondary N) is 2. The predicted octanol–water partition coefficient (Wildman–Crippen LogP) is 3.67. The van der Waals surface area contributed by atoms with Gasteiger partial charge in [-0.2, -0.15) is 5.26 Å². The molecule has 0 atom stereocenters. The zero-order valence-corrected chi connectivity index (χ0v) is 17.1. The van der Waals surface area contributed by atoms with E-state index in [1.807, 2.05) is 30.3 Å². The van der Waals surface area contributed by atoms with Gasteiger partial charge >= 0.3 is 11.7 Å². The molecule has 0 radical (unpaired) electrons. The Hall–Kier alpha value is -2.80. The van der Waals surface area contributed by atoms with Crippen LogP contribution in [0.5, 0.6) is 0 Å². The highest BCUT2D eigenvalue weighted by Gasteiger charge is 2.26. The maximum absolute atomic E-state index is 12.5. The van der Waals surface area contributed by atoms with Gasteiger partial charge in [0.2, 0.25) is 0 Å². The van der Waals surface area contributed by atoms with Crippen molar-refractivity contribution in [2.75, 3.05) is 18.4 Å². The highest BCUT2D eigenvalue weighted by Crippen LogP contribution is 2.25. The van der Waals surface area contributed by atoms with E-state index in [9.17, 15) is 9.59 Å². The fraction of sp³-hybridized carbons (Fsp3) is 0.250. The van der Waals surface area contributed by atoms with Gasteiger partial charge in [-0.15, -0.1) is 0 Å². The van der Waals surface area contributed by atoms with Crippen LogP contribution in [0, 0.1) is 14.9 Å². The molecule has 1 fully saturated rings. The van der Waals surface area contributed by atoms with E-state index in [0.717, 1.165) is 14.8 Å². The third-order valence-electron chi connectivity index (χ3n) is 5.06. The lowest BCUT2D eigenvalue weighted by atomic mass is 10.0. The number of H-pyrrole nitrogens is 1. The number of urea groups is 1. The Morgan fingerprint density at radius 3 is 2.57 bits per heavy atom. The Morgan fingerprint density at radius 1 is 1.18 bits per heavy atom. The second kappa shape index (κ2) is 7.67. The standard InChI is InChI=1S/C20H18IN5O2/c21-14-2-4-15(5-3-14)23-19(27)25-9-7-16(8-10-25)26-18-6-1-13(12-22)11-17(18)24-20(26)28/h1-6,11,16H,7-10H2,(H,23,27)(H,24,28). The van der Waals surface area contributed by atoms with E-state index in [0.29, 0.717) is 37.0 Å². The van der Waals surface area contributed by atoms with Crippen LogP contribution in [0.25, 0.3) is 11.0 Å². The summed E-state index contributed by atoms with van der Waals surface area (Å²) in [6.45, 7) is 1.16. The lowest BCUT2D eigenvalue weighted by Gasteiger charge is -2.32. The minimum atomic E-state index is -0.174. The Labute approximate surface area is 175 Å². The Morgan fingerprint density at radius 2 is 1.89 bits per heavy atom. The normalized spacial score (nSPS) is 14.8. The number of imidazole rings is 1. The van der Waals surface area contributed by atoms with Crippen molar-refractivity contribution in [3.63, 3.8) is 0 Å². The largest absolute Gasteiger partial charge is 0.326 e. The summed E-state index contributed by atoms with van der Waals surface area (Å²) in [6.07, 6.45) is 1.40. The molecule has 7 nitrogen and oxygen atoms in total. The molecule has 1 aliphatic rings. The molecule has 0 spiro atoms. The van der Waals surface area contributed by atoms with Crippen molar-refractivity contribution in [1.82, 2.24) is 14.5 Å². The van der Waals surface area contributed by atoms with Crippen molar-refractivity contribution in [2.24, 2.45) is 0 Å². The first-order chi connectivity index (χ1) is 13.5.